The van der Waals surface area contributed by atoms with Gasteiger partial charge in [0.25, 0.3) is 0 Å². The lowest BCUT2D eigenvalue weighted by molar-refractivity contribution is -0.0481. The lowest BCUT2D eigenvalue weighted by Crippen LogP contribution is -2.38. The minimum absolute atomic E-state index is 0.344. The van der Waals surface area contributed by atoms with Crippen LogP contribution in [0, 0.1) is 11.8 Å². The molecule has 23 heavy (non-hydrogen) atoms. The first-order valence-electron chi connectivity index (χ1n) is 8.75. The fourth-order valence-corrected chi connectivity index (χ4v) is 3.42. The second-order valence-electron chi connectivity index (χ2n) is 6.70. The van der Waals surface area contributed by atoms with E-state index < -0.39 is 0 Å². The van der Waals surface area contributed by atoms with E-state index in [0.717, 1.165) is 57.6 Å². The van der Waals surface area contributed by atoms with Crippen LogP contribution in [-0.4, -0.2) is 55.5 Å². The molecule has 0 aliphatic carbocycles. The first kappa shape index (κ1) is 16.5. The molecule has 0 bridgehead atoms. The third-order valence-corrected chi connectivity index (χ3v) is 4.63. The Balaban J connectivity index is 1.59. The number of nitrogens with one attached hydrogen (secondary N) is 1. The van der Waals surface area contributed by atoms with Gasteiger partial charge < -0.3 is 19.7 Å². The van der Waals surface area contributed by atoms with Crippen LogP contribution in [0.3, 0.4) is 0 Å². The topological polar surface area (TPSA) is 59.5 Å². The fraction of sp³-hybridized carbons (Fsp3) is 0.765. The molecule has 128 valence electrons. The van der Waals surface area contributed by atoms with Crippen molar-refractivity contribution in [2.75, 3.05) is 49.7 Å². The van der Waals surface area contributed by atoms with Crippen LogP contribution in [-0.2, 0) is 9.47 Å². The van der Waals surface area contributed by atoms with Gasteiger partial charge in [0.1, 0.15) is 5.82 Å². The van der Waals surface area contributed by atoms with Gasteiger partial charge in [-0.05, 0) is 24.8 Å². The van der Waals surface area contributed by atoms with Crippen molar-refractivity contribution >= 4 is 11.8 Å². The minimum Gasteiger partial charge on any atom is -0.378 e. The number of aromatic nitrogens is 2. The zero-order chi connectivity index (χ0) is 16.1. The van der Waals surface area contributed by atoms with Gasteiger partial charge in [0.05, 0.1) is 19.3 Å². The number of nitrogens with zero attached hydrogens (tertiary/aromatic N) is 3. The molecule has 0 amide bonds. The summed E-state index contributed by atoms with van der Waals surface area (Å²) >= 11 is 0. The van der Waals surface area contributed by atoms with Gasteiger partial charge in [0.15, 0.2) is 0 Å². The van der Waals surface area contributed by atoms with Crippen molar-refractivity contribution in [3.8, 4) is 0 Å². The molecule has 0 aromatic carbocycles. The number of anilines is 2. The summed E-state index contributed by atoms with van der Waals surface area (Å²) in [5, 5.41) is 3.49. The van der Waals surface area contributed by atoms with Crippen LogP contribution >= 0.6 is 0 Å². The van der Waals surface area contributed by atoms with E-state index in [-0.39, 0.29) is 0 Å². The highest BCUT2D eigenvalue weighted by Gasteiger charge is 2.28. The van der Waals surface area contributed by atoms with Gasteiger partial charge in [-0.3, -0.25) is 0 Å². The van der Waals surface area contributed by atoms with Gasteiger partial charge in [0.2, 0.25) is 5.95 Å². The Labute approximate surface area is 138 Å². The Bertz CT molecular complexity index is 491. The van der Waals surface area contributed by atoms with Crippen molar-refractivity contribution in [3.05, 3.63) is 12.3 Å². The zero-order valence-electron chi connectivity index (χ0n) is 14.2. The van der Waals surface area contributed by atoms with E-state index in [2.05, 4.69) is 34.0 Å². The lowest BCUT2D eigenvalue weighted by Gasteiger charge is -2.34. The average molecular weight is 320 g/mol. The molecule has 2 saturated heterocycles. The summed E-state index contributed by atoms with van der Waals surface area (Å²) in [6, 6.07) is 1.94. The van der Waals surface area contributed by atoms with Crippen LogP contribution in [0.4, 0.5) is 11.8 Å². The van der Waals surface area contributed by atoms with Gasteiger partial charge in [-0.2, -0.15) is 4.98 Å². The summed E-state index contributed by atoms with van der Waals surface area (Å²) in [5.41, 5.74) is 0. The summed E-state index contributed by atoms with van der Waals surface area (Å²) < 4.78 is 11.4. The fourth-order valence-electron chi connectivity index (χ4n) is 3.42. The molecule has 6 heteroatoms. The van der Waals surface area contributed by atoms with Crippen LogP contribution in [0.25, 0.3) is 0 Å². The molecule has 0 unspecified atom stereocenters. The molecule has 6 nitrogen and oxygen atoms in total. The molecule has 2 atom stereocenters. The molecule has 2 aliphatic rings. The van der Waals surface area contributed by atoms with Gasteiger partial charge >= 0.3 is 0 Å². The predicted octanol–water partition coefficient (Wildman–Crippen LogP) is 2.18. The number of morpholine rings is 1. The Morgan fingerprint density at radius 3 is 2.91 bits per heavy atom. The molecule has 0 radical (unpaired) electrons. The Morgan fingerprint density at radius 1 is 1.30 bits per heavy atom. The molecule has 2 fully saturated rings. The smallest absolute Gasteiger partial charge is 0.227 e. The lowest BCUT2D eigenvalue weighted by atomic mass is 9.87. The first-order chi connectivity index (χ1) is 11.2. The number of ether oxygens (including phenoxy) is 2. The van der Waals surface area contributed by atoms with Crippen LogP contribution in [0.1, 0.15) is 26.7 Å². The van der Waals surface area contributed by atoms with E-state index in [9.17, 15) is 0 Å². The summed E-state index contributed by atoms with van der Waals surface area (Å²) in [6.45, 7) is 9.49. The predicted molar refractivity (Wildman–Crippen MR) is 90.9 cm³/mol. The van der Waals surface area contributed by atoms with E-state index in [1.54, 1.807) is 0 Å². The highest BCUT2D eigenvalue weighted by atomic mass is 16.5. The van der Waals surface area contributed by atoms with Crippen LogP contribution in [0.5, 0.6) is 0 Å². The zero-order valence-corrected chi connectivity index (χ0v) is 14.2. The van der Waals surface area contributed by atoms with Crippen molar-refractivity contribution in [3.63, 3.8) is 0 Å². The number of rotatable bonds is 5. The summed E-state index contributed by atoms with van der Waals surface area (Å²) in [6.07, 6.45) is 4.55. The number of hydrogen-bond donors (Lipinski definition) is 1. The summed E-state index contributed by atoms with van der Waals surface area (Å²) in [7, 11) is 0. The van der Waals surface area contributed by atoms with Crippen molar-refractivity contribution in [1.82, 2.24) is 9.97 Å². The van der Waals surface area contributed by atoms with Crippen molar-refractivity contribution in [2.24, 2.45) is 11.8 Å². The van der Waals surface area contributed by atoms with E-state index >= 15 is 0 Å². The Hall–Kier alpha value is -1.40. The van der Waals surface area contributed by atoms with Crippen LogP contribution < -0.4 is 10.2 Å². The van der Waals surface area contributed by atoms with E-state index in [0.29, 0.717) is 17.9 Å². The SMILES string of the molecule is CC(C)[C@H]1OCCC[C@H]1CNc1ccnc(N2CCOCC2)n1. The Kier molecular flexibility index (Phi) is 5.67. The molecule has 3 rings (SSSR count). The monoisotopic (exact) mass is 320 g/mol. The minimum atomic E-state index is 0.344. The van der Waals surface area contributed by atoms with Gasteiger partial charge in [-0.1, -0.05) is 13.8 Å². The molecular weight excluding hydrogens is 292 g/mol. The maximum absolute atomic E-state index is 5.96. The average Bonchev–Trinajstić information content (AvgIpc) is 2.61. The van der Waals surface area contributed by atoms with Gasteiger partial charge in [-0.25, -0.2) is 4.98 Å². The van der Waals surface area contributed by atoms with Crippen molar-refractivity contribution < 1.29 is 9.47 Å². The molecule has 2 aliphatic heterocycles. The first-order valence-corrected chi connectivity index (χ1v) is 8.75. The van der Waals surface area contributed by atoms with E-state index in [1.165, 1.54) is 6.42 Å². The molecule has 3 heterocycles. The second kappa shape index (κ2) is 7.93. The largest absolute Gasteiger partial charge is 0.378 e. The molecular formula is C17H28N4O2. The maximum atomic E-state index is 5.96. The quantitative estimate of drug-likeness (QED) is 0.897. The molecule has 1 aromatic rings. The van der Waals surface area contributed by atoms with Crippen LogP contribution in [0.15, 0.2) is 12.3 Å². The third kappa shape index (κ3) is 4.32. The Morgan fingerprint density at radius 2 is 2.13 bits per heavy atom. The highest BCUT2D eigenvalue weighted by molar-refractivity contribution is 5.41. The van der Waals surface area contributed by atoms with Gasteiger partial charge in [-0.15, -0.1) is 0 Å². The molecule has 0 saturated carbocycles. The maximum Gasteiger partial charge on any atom is 0.227 e. The highest BCUT2D eigenvalue weighted by Crippen LogP contribution is 2.26. The van der Waals surface area contributed by atoms with Crippen molar-refractivity contribution in [1.29, 1.82) is 0 Å². The molecule has 1 aromatic heterocycles. The second-order valence-corrected chi connectivity index (χ2v) is 6.70. The molecule has 1 N–H and O–H groups in total. The van der Waals surface area contributed by atoms with Crippen LogP contribution in [0.2, 0.25) is 0 Å². The van der Waals surface area contributed by atoms with E-state index in [4.69, 9.17) is 9.47 Å². The number of hydrogen-bond acceptors (Lipinski definition) is 6. The summed E-state index contributed by atoms with van der Waals surface area (Å²) in [5.74, 6) is 2.79. The van der Waals surface area contributed by atoms with Crippen molar-refractivity contribution in [2.45, 2.75) is 32.8 Å². The van der Waals surface area contributed by atoms with E-state index in [1.807, 2.05) is 12.3 Å². The summed E-state index contributed by atoms with van der Waals surface area (Å²) in [4.78, 5) is 11.2. The molecule has 0 spiro atoms. The third-order valence-electron chi connectivity index (χ3n) is 4.63. The standard InChI is InChI=1S/C17H28N4O2/c1-13(2)16-14(4-3-9-23-16)12-19-15-5-6-18-17(20-15)21-7-10-22-11-8-21/h5-6,13-14,16H,3-4,7-12H2,1-2H3,(H,18,19,20)/t14-,16+/m0/s1. The normalized spacial score (nSPS) is 25.6. The van der Waals surface area contributed by atoms with Gasteiger partial charge in [0, 0.05) is 38.4 Å².